The molecule has 0 unspecified atom stereocenters. The number of aliphatic hydroxyl groups excluding tert-OH is 1. The van der Waals surface area contributed by atoms with Crippen molar-refractivity contribution in [1.82, 2.24) is 4.90 Å². The van der Waals surface area contributed by atoms with E-state index in [1.54, 1.807) is 18.2 Å². The summed E-state index contributed by atoms with van der Waals surface area (Å²) in [6.45, 7) is 0.820. The van der Waals surface area contributed by atoms with Crippen molar-refractivity contribution in [3.8, 4) is 0 Å². The molecule has 4 heteroatoms. The number of nitrogens with two attached hydrogens (primary N) is 1. The third-order valence-corrected chi connectivity index (χ3v) is 3.67. The van der Waals surface area contributed by atoms with E-state index in [1.165, 1.54) is 12.1 Å². The van der Waals surface area contributed by atoms with Gasteiger partial charge in [0.15, 0.2) is 0 Å². The van der Waals surface area contributed by atoms with Crippen molar-refractivity contribution in [1.29, 1.82) is 0 Å². The van der Waals surface area contributed by atoms with E-state index in [1.807, 2.05) is 26.2 Å². The Bertz CT molecular complexity index is 678. The molecule has 0 fully saturated rings. The van der Waals surface area contributed by atoms with Crippen molar-refractivity contribution >= 4 is 11.3 Å². The van der Waals surface area contributed by atoms with Gasteiger partial charge < -0.3 is 15.7 Å². The fraction of sp³-hybridized carbons (Fsp3) is 0.263. The van der Waals surface area contributed by atoms with Crippen LogP contribution >= 0.6 is 0 Å². The van der Waals surface area contributed by atoms with E-state index < -0.39 is 0 Å². The minimum absolute atomic E-state index is 0.0907. The van der Waals surface area contributed by atoms with E-state index in [9.17, 15) is 9.50 Å². The number of nitrogen functional groups attached to an aromatic ring is 1. The van der Waals surface area contributed by atoms with Crippen LogP contribution in [0.5, 0.6) is 0 Å². The summed E-state index contributed by atoms with van der Waals surface area (Å²) in [5.74, 6) is -0.263. The zero-order chi connectivity index (χ0) is 16.8. The molecule has 0 atom stereocenters. The van der Waals surface area contributed by atoms with Crippen LogP contribution < -0.4 is 5.73 Å². The first-order chi connectivity index (χ1) is 11.0. The third kappa shape index (κ3) is 4.65. The molecule has 0 aliphatic heterocycles. The fourth-order valence-corrected chi connectivity index (χ4v) is 2.49. The average Bonchev–Trinajstić information content (AvgIpc) is 2.53. The highest BCUT2D eigenvalue weighted by Gasteiger charge is 2.10. The zero-order valence-electron chi connectivity index (χ0n) is 13.6. The number of nitrogens with zero attached hydrogens (tertiary/aromatic N) is 1. The summed E-state index contributed by atoms with van der Waals surface area (Å²) in [6.07, 6.45) is 2.98. The van der Waals surface area contributed by atoms with E-state index in [2.05, 4.69) is 11.0 Å². The molecule has 0 radical (unpaired) electrons. The lowest BCUT2D eigenvalue weighted by Crippen LogP contribution is -2.12. The van der Waals surface area contributed by atoms with Crippen LogP contribution in [0.1, 0.15) is 23.1 Å². The van der Waals surface area contributed by atoms with Gasteiger partial charge in [-0.1, -0.05) is 24.3 Å². The van der Waals surface area contributed by atoms with Gasteiger partial charge in [0, 0.05) is 12.2 Å². The minimum Gasteiger partial charge on any atom is -0.399 e. The Morgan fingerprint density at radius 2 is 1.87 bits per heavy atom. The molecular formula is C19H23FN2O. The van der Waals surface area contributed by atoms with Gasteiger partial charge in [0.05, 0.1) is 6.61 Å². The van der Waals surface area contributed by atoms with Crippen LogP contribution in [0.4, 0.5) is 10.1 Å². The molecule has 2 aromatic carbocycles. The van der Waals surface area contributed by atoms with E-state index in [0.717, 1.165) is 35.2 Å². The summed E-state index contributed by atoms with van der Waals surface area (Å²) in [5.41, 5.74) is 10.0. The summed E-state index contributed by atoms with van der Waals surface area (Å²) < 4.78 is 13.2. The molecule has 122 valence electrons. The Labute approximate surface area is 136 Å². The van der Waals surface area contributed by atoms with Crippen molar-refractivity contribution in [2.24, 2.45) is 0 Å². The van der Waals surface area contributed by atoms with E-state index >= 15 is 0 Å². The van der Waals surface area contributed by atoms with Crippen LogP contribution in [0.25, 0.3) is 5.57 Å². The molecule has 23 heavy (non-hydrogen) atoms. The standard InChI is InChI=1S/C19H23FN2O/c1-22(2)11-3-4-18(14-5-7-16(20)8-6-14)19-10-9-17(21)12-15(19)13-23/h4-10,12,23H,3,11,13,21H2,1-2H3. The van der Waals surface area contributed by atoms with Crippen molar-refractivity contribution in [3.63, 3.8) is 0 Å². The quantitative estimate of drug-likeness (QED) is 0.805. The van der Waals surface area contributed by atoms with Gasteiger partial charge in [-0.25, -0.2) is 4.39 Å². The SMILES string of the molecule is CN(C)CCC=C(c1ccc(F)cc1)c1ccc(N)cc1CO. The molecule has 0 aromatic heterocycles. The predicted octanol–water partition coefficient (Wildman–Crippen LogP) is 3.28. The highest BCUT2D eigenvalue weighted by atomic mass is 19.1. The predicted molar refractivity (Wildman–Crippen MR) is 93.4 cm³/mol. The van der Waals surface area contributed by atoms with Crippen LogP contribution in [-0.4, -0.2) is 30.6 Å². The highest BCUT2D eigenvalue weighted by Crippen LogP contribution is 2.28. The van der Waals surface area contributed by atoms with Crippen LogP contribution in [-0.2, 0) is 6.61 Å². The fourth-order valence-electron chi connectivity index (χ4n) is 2.49. The van der Waals surface area contributed by atoms with Crippen LogP contribution in [0, 0.1) is 5.82 Å². The Hall–Kier alpha value is -2.17. The first-order valence-corrected chi connectivity index (χ1v) is 7.61. The topological polar surface area (TPSA) is 49.5 Å². The number of aliphatic hydroxyl groups is 1. The molecule has 0 aliphatic rings. The number of hydrogen-bond acceptors (Lipinski definition) is 3. The summed E-state index contributed by atoms with van der Waals surface area (Å²) >= 11 is 0. The van der Waals surface area contributed by atoms with Gasteiger partial charge in [-0.15, -0.1) is 0 Å². The number of rotatable bonds is 6. The Morgan fingerprint density at radius 3 is 2.48 bits per heavy atom. The monoisotopic (exact) mass is 314 g/mol. The van der Waals surface area contributed by atoms with Crippen LogP contribution in [0.3, 0.4) is 0 Å². The van der Waals surface area contributed by atoms with Crippen molar-refractivity contribution < 1.29 is 9.50 Å². The molecule has 0 bridgehead atoms. The molecule has 0 saturated heterocycles. The zero-order valence-corrected chi connectivity index (χ0v) is 13.6. The van der Waals surface area contributed by atoms with Gasteiger partial charge in [-0.05, 0) is 67.0 Å². The molecule has 3 N–H and O–H groups in total. The summed E-state index contributed by atoms with van der Waals surface area (Å²) in [6, 6.07) is 11.9. The Balaban J connectivity index is 2.47. The van der Waals surface area contributed by atoms with E-state index in [0.29, 0.717) is 5.69 Å². The lowest BCUT2D eigenvalue weighted by atomic mass is 9.92. The Kier molecular flexibility index (Phi) is 5.90. The van der Waals surface area contributed by atoms with Gasteiger partial charge in [-0.3, -0.25) is 0 Å². The smallest absolute Gasteiger partial charge is 0.123 e. The van der Waals surface area contributed by atoms with Gasteiger partial charge in [0.1, 0.15) is 5.82 Å². The first-order valence-electron chi connectivity index (χ1n) is 7.61. The maximum Gasteiger partial charge on any atom is 0.123 e. The normalized spacial score (nSPS) is 12.0. The first kappa shape index (κ1) is 17.2. The molecule has 3 nitrogen and oxygen atoms in total. The molecule has 0 aliphatic carbocycles. The summed E-state index contributed by atoms with van der Waals surface area (Å²) in [7, 11) is 4.04. The molecule has 0 spiro atoms. The molecule has 2 rings (SSSR count). The molecule has 0 amide bonds. The molecule has 2 aromatic rings. The van der Waals surface area contributed by atoms with Crippen LogP contribution in [0.2, 0.25) is 0 Å². The van der Waals surface area contributed by atoms with E-state index in [-0.39, 0.29) is 12.4 Å². The second kappa shape index (κ2) is 7.90. The van der Waals surface area contributed by atoms with Gasteiger partial charge >= 0.3 is 0 Å². The van der Waals surface area contributed by atoms with Gasteiger partial charge in [0.2, 0.25) is 0 Å². The Morgan fingerprint density at radius 1 is 1.17 bits per heavy atom. The van der Waals surface area contributed by atoms with Gasteiger partial charge in [0.25, 0.3) is 0 Å². The largest absolute Gasteiger partial charge is 0.399 e. The third-order valence-electron chi connectivity index (χ3n) is 3.67. The highest BCUT2D eigenvalue weighted by molar-refractivity contribution is 5.82. The second-order valence-corrected chi connectivity index (χ2v) is 5.79. The maximum absolute atomic E-state index is 13.2. The molecule has 0 saturated carbocycles. The number of benzene rings is 2. The average molecular weight is 314 g/mol. The van der Waals surface area contributed by atoms with Crippen LogP contribution in [0.15, 0.2) is 48.5 Å². The molecule has 0 heterocycles. The van der Waals surface area contributed by atoms with Crippen molar-refractivity contribution in [2.45, 2.75) is 13.0 Å². The minimum atomic E-state index is -0.263. The number of halogens is 1. The lowest BCUT2D eigenvalue weighted by Gasteiger charge is -2.15. The second-order valence-electron chi connectivity index (χ2n) is 5.79. The van der Waals surface area contributed by atoms with E-state index in [4.69, 9.17) is 5.73 Å². The van der Waals surface area contributed by atoms with Crippen molar-refractivity contribution in [2.75, 3.05) is 26.4 Å². The van der Waals surface area contributed by atoms with Gasteiger partial charge in [-0.2, -0.15) is 0 Å². The summed E-state index contributed by atoms with van der Waals surface area (Å²) in [5, 5.41) is 9.65. The maximum atomic E-state index is 13.2. The van der Waals surface area contributed by atoms with Crippen molar-refractivity contribution in [3.05, 3.63) is 71.0 Å². The lowest BCUT2D eigenvalue weighted by molar-refractivity contribution is 0.281. The number of anilines is 1. The molecular weight excluding hydrogens is 291 g/mol. The summed E-state index contributed by atoms with van der Waals surface area (Å²) in [4.78, 5) is 2.11. The number of hydrogen-bond donors (Lipinski definition) is 2.